The highest BCUT2D eigenvalue weighted by atomic mass is 16.6. The summed E-state index contributed by atoms with van der Waals surface area (Å²) in [7, 11) is 0. The molecule has 0 rings (SSSR count). The van der Waals surface area contributed by atoms with Crippen molar-refractivity contribution in [2.24, 2.45) is 0 Å². The zero-order chi connectivity index (χ0) is 55.0. The molecule has 0 aromatic rings. The van der Waals surface area contributed by atoms with E-state index in [1.54, 1.807) is 0 Å². The van der Waals surface area contributed by atoms with Crippen molar-refractivity contribution in [1.29, 1.82) is 0 Å². The highest BCUT2D eigenvalue weighted by Crippen LogP contribution is 2.18. The standard InChI is InChI=1S/C70H130O6/c1-4-7-10-13-16-19-22-25-28-30-31-32-33-34-35-36-37-38-39-40-43-45-48-51-54-57-60-63-69(72)75-66-67(65-74-68(71)62-59-56-53-50-47-44-41-27-24-21-18-15-12-9-6-3)76-70(73)64-61-58-55-52-49-46-42-29-26-23-20-17-14-11-8-5-2/h22,25,30-31,33-34,67H,4-21,23-24,26-29,32,35-66H2,1-3H3/b25-22-,31-30-,34-33-. The second kappa shape index (κ2) is 65.2. The number of hydrogen-bond donors (Lipinski definition) is 0. The van der Waals surface area contributed by atoms with Gasteiger partial charge in [-0.05, 0) is 57.8 Å². The van der Waals surface area contributed by atoms with Gasteiger partial charge < -0.3 is 14.2 Å². The number of esters is 3. The van der Waals surface area contributed by atoms with Crippen molar-refractivity contribution in [3.05, 3.63) is 36.5 Å². The molecule has 0 saturated heterocycles. The van der Waals surface area contributed by atoms with E-state index in [0.717, 1.165) is 70.6 Å². The summed E-state index contributed by atoms with van der Waals surface area (Å²) >= 11 is 0. The monoisotopic (exact) mass is 1070 g/mol. The van der Waals surface area contributed by atoms with Gasteiger partial charge in [0.25, 0.3) is 0 Å². The average molecular weight is 1070 g/mol. The molecule has 6 heteroatoms. The molecule has 1 unspecified atom stereocenters. The number of ether oxygens (including phenoxy) is 3. The predicted octanol–water partition coefficient (Wildman–Crippen LogP) is 23.2. The molecule has 1 atom stereocenters. The zero-order valence-electron chi connectivity index (χ0n) is 51.3. The van der Waals surface area contributed by atoms with E-state index in [4.69, 9.17) is 14.2 Å². The van der Waals surface area contributed by atoms with E-state index >= 15 is 0 Å². The Morgan fingerprint density at radius 1 is 0.263 bits per heavy atom. The van der Waals surface area contributed by atoms with Crippen LogP contribution >= 0.6 is 0 Å². The third-order valence-electron chi connectivity index (χ3n) is 15.4. The van der Waals surface area contributed by atoms with Crippen LogP contribution in [-0.4, -0.2) is 37.2 Å². The van der Waals surface area contributed by atoms with E-state index in [2.05, 4.69) is 57.2 Å². The zero-order valence-corrected chi connectivity index (χ0v) is 51.3. The molecule has 0 aliphatic rings. The molecular weight excluding hydrogens is 937 g/mol. The molecule has 0 bridgehead atoms. The van der Waals surface area contributed by atoms with Gasteiger partial charge in [0.15, 0.2) is 6.10 Å². The van der Waals surface area contributed by atoms with Crippen LogP contribution in [0.25, 0.3) is 0 Å². The van der Waals surface area contributed by atoms with Crippen LogP contribution in [0.1, 0.15) is 374 Å². The third-order valence-corrected chi connectivity index (χ3v) is 15.4. The van der Waals surface area contributed by atoms with Crippen molar-refractivity contribution in [1.82, 2.24) is 0 Å². The Labute approximate surface area is 474 Å². The van der Waals surface area contributed by atoms with Crippen molar-refractivity contribution in [3.63, 3.8) is 0 Å². The van der Waals surface area contributed by atoms with Gasteiger partial charge in [-0.25, -0.2) is 0 Å². The van der Waals surface area contributed by atoms with Crippen LogP contribution in [0.5, 0.6) is 0 Å². The molecule has 0 heterocycles. The largest absolute Gasteiger partial charge is 0.462 e. The molecular formula is C70H130O6. The Morgan fingerprint density at radius 3 is 0.737 bits per heavy atom. The molecule has 0 aliphatic heterocycles. The van der Waals surface area contributed by atoms with E-state index < -0.39 is 6.10 Å². The van der Waals surface area contributed by atoms with Gasteiger partial charge in [-0.3, -0.25) is 14.4 Å². The lowest BCUT2D eigenvalue weighted by Crippen LogP contribution is -2.30. The minimum absolute atomic E-state index is 0.0660. The summed E-state index contributed by atoms with van der Waals surface area (Å²) in [4.78, 5) is 38.4. The van der Waals surface area contributed by atoms with Gasteiger partial charge in [0, 0.05) is 19.3 Å². The molecule has 0 N–H and O–H groups in total. The maximum Gasteiger partial charge on any atom is 0.306 e. The van der Waals surface area contributed by atoms with Gasteiger partial charge in [-0.2, -0.15) is 0 Å². The molecule has 446 valence electrons. The summed E-state index contributed by atoms with van der Waals surface area (Å²) in [5.74, 6) is -0.839. The quantitative estimate of drug-likeness (QED) is 0.0261. The number of unbranched alkanes of at least 4 members (excludes halogenated alkanes) is 46. The minimum atomic E-state index is -0.769. The van der Waals surface area contributed by atoms with E-state index in [0.29, 0.717) is 19.3 Å². The predicted molar refractivity (Wildman–Crippen MR) is 330 cm³/mol. The summed E-state index contributed by atoms with van der Waals surface area (Å²) < 4.78 is 17.0. The second-order valence-corrected chi connectivity index (χ2v) is 23.1. The van der Waals surface area contributed by atoms with Crippen molar-refractivity contribution in [3.8, 4) is 0 Å². The number of allylic oxidation sites excluding steroid dienone is 6. The van der Waals surface area contributed by atoms with Gasteiger partial charge in [0.2, 0.25) is 0 Å². The average Bonchev–Trinajstić information content (AvgIpc) is 3.42. The van der Waals surface area contributed by atoms with Crippen LogP contribution in [0.4, 0.5) is 0 Å². The molecule has 76 heavy (non-hydrogen) atoms. The first-order valence-corrected chi connectivity index (χ1v) is 34.0. The van der Waals surface area contributed by atoms with Crippen molar-refractivity contribution in [2.75, 3.05) is 13.2 Å². The summed E-state index contributed by atoms with van der Waals surface area (Å²) in [5.41, 5.74) is 0. The van der Waals surface area contributed by atoms with E-state index in [-0.39, 0.29) is 31.1 Å². The van der Waals surface area contributed by atoms with Gasteiger partial charge in [-0.15, -0.1) is 0 Å². The van der Waals surface area contributed by atoms with E-state index in [1.807, 2.05) is 0 Å². The van der Waals surface area contributed by atoms with Crippen molar-refractivity contribution < 1.29 is 28.6 Å². The van der Waals surface area contributed by atoms with Crippen molar-refractivity contribution in [2.45, 2.75) is 380 Å². The van der Waals surface area contributed by atoms with Crippen LogP contribution < -0.4 is 0 Å². The maximum atomic E-state index is 12.9. The lowest BCUT2D eigenvalue weighted by Gasteiger charge is -2.18. The molecule has 0 saturated carbocycles. The Bertz CT molecular complexity index is 1270. The topological polar surface area (TPSA) is 78.9 Å². The van der Waals surface area contributed by atoms with Crippen LogP contribution in [-0.2, 0) is 28.6 Å². The number of rotatable bonds is 63. The highest BCUT2D eigenvalue weighted by Gasteiger charge is 2.19. The highest BCUT2D eigenvalue weighted by molar-refractivity contribution is 5.71. The smallest absolute Gasteiger partial charge is 0.306 e. The first-order chi connectivity index (χ1) is 37.5. The first kappa shape index (κ1) is 73.6. The van der Waals surface area contributed by atoms with E-state index in [9.17, 15) is 14.4 Å². The van der Waals surface area contributed by atoms with Gasteiger partial charge in [0.05, 0.1) is 0 Å². The molecule has 0 fully saturated rings. The summed E-state index contributed by atoms with van der Waals surface area (Å²) in [6.07, 6.45) is 80.1. The Kier molecular flexibility index (Phi) is 63.1. The molecule has 0 spiro atoms. The molecule has 0 aromatic carbocycles. The third kappa shape index (κ3) is 62.5. The molecule has 0 radical (unpaired) electrons. The summed E-state index contributed by atoms with van der Waals surface area (Å²) in [6.45, 7) is 6.70. The lowest BCUT2D eigenvalue weighted by atomic mass is 10.0. The van der Waals surface area contributed by atoms with Crippen molar-refractivity contribution >= 4 is 17.9 Å². The van der Waals surface area contributed by atoms with Crippen LogP contribution in [0, 0.1) is 0 Å². The van der Waals surface area contributed by atoms with Crippen LogP contribution in [0.2, 0.25) is 0 Å². The molecule has 6 nitrogen and oxygen atoms in total. The minimum Gasteiger partial charge on any atom is -0.462 e. The first-order valence-electron chi connectivity index (χ1n) is 34.0. The van der Waals surface area contributed by atoms with E-state index in [1.165, 1.54) is 263 Å². The number of hydrogen-bond acceptors (Lipinski definition) is 6. The van der Waals surface area contributed by atoms with Gasteiger partial charge in [-0.1, -0.05) is 333 Å². The van der Waals surface area contributed by atoms with Crippen LogP contribution in [0.15, 0.2) is 36.5 Å². The maximum absolute atomic E-state index is 12.9. The Balaban J connectivity index is 4.24. The second-order valence-electron chi connectivity index (χ2n) is 23.1. The Morgan fingerprint density at radius 2 is 0.474 bits per heavy atom. The SMILES string of the molecule is CCCCCCC/C=C\C/C=C\C/C=C\CCCCCCCCCCCCCCC(=O)OCC(COC(=O)CCCCCCCCCCCCCCCCC)OC(=O)CCCCCCCCCCCCCCCCCC. The number of carbonyl (C=O) groups excluding carboxylic acids is 3. The molecule has 0 aliphatic carbocycles. The fourth-order valence-corrected chi connectivity index (χ4v) is 10.3. The van der Waals surface area contributed by atoms with Gasteiger partial charge in [0.1, 0.15) is 13.2 Å². The molecule has 0 amide bonds. The summed E-state index contributed by atoms with van der Waals surface area (Å²) in [6, 6.07) is 0. The lowest BCUT2D eigenvalue weighted by molar-refractivity contribution is -0.167. The van der Waals surface area contributed by atoms with Gasteiger partial charge >= 0.3 is 17.9 Å². The fraction of sp³-hybridized carbons (Fsp3) is 0.871. The fourth-order valence-electron chi connectivity index (χ4n) is 10.3. The number of carbonyl (C=O) groups is 3. The summed E-state index contributed by atoms with van der Waals surface area (Å²) in [5, 5.41) is 0. The van der Waals surface area contributed by atoms with Crippen LogP contribution in [0.3, 0.4) is 0 Å². The molecule has 0 aromatic heterocycles. The normalized spacial score (nSPS) is 12.2. The Hall–Kier alpha value is -2.37.